The van der Waals surface area contributed by atoms with E-state index in [0.717, 1.165) is 51.2 Å². The Morgan fingerprint density at radius 3 is 2.48 bits per heavy atom. The van der Waals surface area contributed by atoms with E-state index in [9.17, 15) is 5.11 Å². The van der Waals surface area contributed by atoms with Crippen LogP contribution in [-0.2, 0) is 4.74 Å². The Hall–Kier alpha value is -0.120. The van der Waals surface area contributed by atoms with E-state index in [4.69, 9.17) is 4.74 Å². The number of aliphatic imine (C=N–C) groups is 1. The average Bonchev–Trinajstić information content (AvgIpc) is 3.36. The van der Waals surface area contributed by atoms with E-state index < -0.39 is 6.10 Å². The van der Waals surface area contributed by atoms with Gasteiger partial charge in [-0.1, -0.05) is 13.8 Å². The first kappa shape index (κ1) is 22.9. The van der Waals surface area contributed by atoms with E-state index in [0.29, 0.717) is 19.1 Å². The number of hydrogen-bond acceptors (Lipinski definition) is 4. The summed E-state index contributed by atoms with van der Waals surface area (Å²) in [6.07, 6.45) is 2.04. The first-order chi connectivity index (χ1) is 11.6. The minimum atomic E-state index is -0.514. The zero-order valence-electron chi connectivity index (χ0n) is 16.1. The molecule has 2 N–H and O–H groups in total. The molecule has 1 saturated carbocycles. The maximum atomic E-state index is 10.1. The molecule has 1 heterocycles. The highest BCUT2D eigenvalue weighted by molar-refractivity contribution is 14.0. The number of guanidine groups is 1. The summed E-state index contributed by atoms with van der Waals surface area (Å²) in [7, 11) is 0. The fourth-order valence-corrected chi connectivity index (χ4v) is 2.98. The van der Waals surface area contributed by atoms with Crippen LogP contribution in [-0.4, -0.2) is 86.0 Å². The molecule has 25 heavy (non-hydrogen) atoms. The van der Waals surface area contributed by atoms with Crippen molar-refractivity contribution in [3.05, 3.63) is 0 Å². The lowest BCUT2D eigenvalue weighted by Crippen LogP contribution is -2.53. The maximum absolute atomic E-state index is 10.1. The molecule has 1 atom stereocenters. The number of nitrogens with zero attached hydrogens (tertiary/aromatic N) is 3. The van der Waals surface area contributed by atoms with Crippen molar-refractivity contribution in [1.29, 1.82) is 0 Å². The van der Waals surface area contributed by atoms with Crippen LogP contribution in [0.5, 0.6) is 0 Å². The van der Waals surface area contributed by atoms with Crippen LogP contribution in [0.2, 0.25) is 0 Å². The fourth-order valence-electron chi connectivity index (χ4n) is 2.98. The second-order valence-electron chi connectivity index (χ2n) is 7.51. The van der Waals surface area contributed by atoms with E-state index in [2.05, 4.69) is 40.9 Å². The van der Waals surface area contributed by atoms with Crippen molar-refractivity contribution in [2.24, 2.45) is 16.8 Å². The number of nitrogens with one attached hydrogen (secondary N) is 1. The Morgan fingerprint density at radius 1 is 1.24 bits per heavy atom. The molecule has 0 spiro atoms. The summed E-state index contributed by atoms with van der Waals surface area (Å²) >= 11 is 0. The summed E-state index contributed by atoms with van der Waals surface area (Å²) in [5.41, 5.74) is 0. The highest BCUT2D eigenvalue weighted by Crippen LogP contribution is 2.28. The summed E-state index contributed by atoms with van der Waals surface area (Å²) < 4.78 is 5.55. The van der Waals surface area contributed by atoms with Gasteiger partial charge in [0.05, 0.1) is 19.3 Å². The normalized spacial score (nSPS) is 20.5. The van der Waals surface area contributed by atoms with Gasteiger partial charge in [-0.05, 0) is 31.6 Å². The molecule has 6 nitrogen and oxygen atoms in total. The highest BCUT2D eigenvalue weighted by Gasteiger charge is 2.22. The van der Waals surface area contributed by atoms with Crippen LogP contribution in [0.4, 0.5) is 0 Å². The predicted octanol–water partition coefficient (Wildman–Crippen LogP) is 1.63. The average molecular weight is 468 g/mol. The molecule has 0 aromatic carbocycles. The second-order valence-corrected chi connectivity index (χ2v) is 7.51. The van der Waals surface area contributed by atoms with Gasteiger partial charge in [0.25, 0.3) is 0 Å². The summed E-state index contributed by atoms with van der Waals surface area (Å²) in [6.45, 7) is 14.4. The van der Waals surface area contributed by atoms with Crippen molar-refractivity contribution in [1.82, 2.24) is 15.1 Å². The molecule has 0 amide bonds. The maximum Gasteiger partial charge on any atom is 0.194 e. The van der Waals surface area contributed by atoms with E-state index >= 15 is 0 Å². The number of halogens is 1. The van der Waals surface area contributed by atoms with Crippen LogP contribution in [0.1, 0.15) is 33.6 Å². The molecule has 0 aromatic heterocycles. The zero-order valence-corrected chi connectivity index (χ0v) is 18.4. The summed E-state index contributed by atoms with van der Waals surface area (Å²) in [4.78, 5) is 9.44. The Kier molecular flexibility index (Phi) is 11.3. The number of piperazine rings is 1. The number of aliphatic hydroxyl groups is 1. The van der Waals surface area contributed by atoms with Crippen molar-refractivity contribution in [2.75, 3.05) is 59.0 Å². The van der Waals surface area contributed by atoms with E-state index in [1.807, 2.05) is 0 Å². The second kappa shape index (κ2) is 12.3. The smallest absolute Gasteiger partial charge is 0.194 e. The number of aliphatic hydroxyl groups excluding tert-OH is 1. The van der Waals surface area contributed by atoms with Crippen LogP contribution >= 0.6 is 24.0 Å². The van der Waals surface area contributed by atoms with Crippen LogP contribution in [0.15, 0.2) is 4.99 Å². The van der Waals surface area contributed by atoms with Gasteiger partial charge in [0, 0.05) is 45.9 Å². The van der Waals surface area contributed by atoms with E-state index in [1.165, 1.54) is 19.4 Å². The van der Waals surface area contributed by atoms with Gasteiger partial charge in [-0.3, -0.25) is 9.89 Å². The minimum Gasteiger partial charge on any atom is -0.389 e. The molecule has 0 aromatic rings. The number of rotatable bonds is 9. The van der Waals surface area contributed by atoms with Crippen LogP contribution in [0.3, 0.4) is 0 Å². The van der Waals surface area contributed by atoms with Gasteiger partial charge in [0.2, 0.25) is 0 Å². The molecule has 1 aliphatic carbocycles. The third kappa shape index (κ3) is 9.40. The molecule has 148 valence electrons. The van der Waals surface area contributed by atoms with Crippen LogP contribution in [0, 0.1) is 11.8 Å². The van der Waals surface area contributed by atoms with E-state index in [-0.39, 0.29) is 24.0 Å². The van der Waals surface area contributed by atoms with Gasteiger partial charge in [0.15, 0.2) is 5.96 Å². The SMILES string of the molecule is CCNC(=NCC(O)COCC1CC1)N1CCN(CC(C)C)CC1.I. The fraction of sp³-hybridized carbons (Fsp3) is 0.944. The predicted molar refractivity (Wildman–Crippen MR) is 114 cm³/mol. The van der Waals surface area contributed by atoms with Crippen molar-refractivity contribution in [3.8, 4) is 0 Å². The quantitative estimate of drug-likeness (QED) is 0.306. The third-order valence-electron chi connectivity index (χ3n) is 4.44. The first-order valence-electron chi connectivity index (χ1n) is 9.59. The molecule has 1 aliphatic heterocycles. The molecule has 0 bridgehead atoms. The van der Waals surface area contributed by atoms with Crippen LogP contribution in [0.25, 0.3) is 0 Å². The van der Waals surface area contributed by atoms with Crippen molar-refractivity contribution in [3.63, 3.8) is 0 Å². The molecule has 2 aliphatic rings. The van der Waals surface area contributed by atoms with Gasteiger partial charge in [-0.2, -0.15) is 0 Å². The van der Waals surface area contributed by atoms with Crippen molar-refractivity contribution < 1.29 is 9.84 Å². The lowest BCUT2D eigenvalue weighted by atomic mass is 10.2. The Morgan fingerprint density at radius 2 is 1.92 bits per heavy atom. The Labute approximate surface area is 170 Å². The molecule has 1 saturated heterocycles. The largest absolute Gasteiger partial charge is 0.389 e. The molecule has 7 heteroatoms. The minimum absolute atomic E-state index is 0. The monoisotopic (exact) mass is 468 g/mol. The van der Waals surface area contributed by atoms with Gasteiger partial charge in [0.1, 0.15) is 0 Å². The lowest BCUT2D eigenvalue weighted by molar-refractivity contribution is 0.0367. The number of hydrogen-bond donors (Lipinski definition) is 2. The first-order valence-corrected chi connectivity index (χ1v) is 9.59. The molecular weight excluding hydrogens is 431 g/mol. The number of ether oxygens (including phenoxy) is 1. The van der Waals surface area contributed by atoms with Gasteiger partial charge in [-0.25, -0.2) is 0 Å². The Balaban J connectivity index is 0.00000312. The summed E-state index contributed by atoms with van der Waals surface area (Å²) in [6, 6.07) is 0. The molecule has 1 unspecified atom stereocenters. The zero-order chi connectivity index (χ0) is 17.4. The topological polar surface area (TPSA) is 60.3 Å². The highest BCUT2D eigenvalue weighted by atomic mass is 127. The molecule has 0 radical (unpaired) electrons. The summed E-state index contributed by atoms with van der Waals surface area (Å²) in [5, 5.41) is 13.4. The summed E-state index contributed by atoms with van der Waals surface area (Å²) in [5.74, 6) is 2.37. The van der Waals surface area contributed by atoms with Gasteiger partial charge < -0.3 is 20.1 Å². The van der Waals surface area contributed by atoms with Gasteiger partial charge in [-0.15, -0.1) is 24.0 Å². The van der Waals surface area contributed by atoms with Crippen LogP contribution < -0.4 is 5.32 Å². The van der Waals surface area contributed by atoms with Gasteiger partial charge >= 0.3 is 0 Å². The molecular formula is C18H37IN4O2. The third-order valence-corrected chi connectivity index (χ3v) is 4.44. The lowest BCUT2D eigenvalue weighted by Gasteiger charge is -2.37. The molecule has 2 fully saturated rings. The van der Waals surface area contributed by atoms with Crippen molar-refractivity contribution in [2.45, 2.75) is 39.7 Å². The van der Waals surface area contributed by atoms with E-state index in [1.54, 1.807) is 0 Å². The Bertz CT molecular complexity index is 383. The molecule has 2 rings (SSSR count). The van der Waals surface area contributed by atoms with Crippen molar-refractivity contribution >= 4 is 29.9 Å². The standard InChI is InChI=1S/C18H36N4O2.HI/c1-4-19-18(20-11-17(23)14-24-13-16-5-6-16)22-9-7-21(8-10-22)12-15(2)3;/h15-17,23H,4-14H2,1-3H3,(H,19,20);1H.